The third kappa shape index (κ3) is 7.70. The number of benzene rings is 16. The summed E-state index contributed by atoms with van der Waals surface area (Å²) >= 11 is 7.70. The number of thiophene rings is 4. The van der Waals surface area contributed by atoms with E-state index in [2.05, 4.69) is 297 Å². The molecule has 2 aliphatic carbocycles. The van der Waals surface area contributed by atoms with E-state index in [9.17, 15) is 0 Å². The Hall–Kier alpha value is -10.8. The first-order chi connectivity index (χ1) is 47.6. The molecule has 0 radical (unpaired) electrons. The van der Waals surface area contributed by atoms with Gasteiger partial charge in [0, 0.05) is 97.4 Å². The van der Waals surface area contributed by atoms with Gasteiger partial charge in [-0.1, -0.05) is 243 Å². The van der Waals surface area contributed by atoms with Crippen molar-refractivity contribution < 1.29 is 0 Å². The highest BCUT2D eigenvalue weighted by Gasteiger charge is 2.26. The minimum atomic E-state index is 0.398. The topological polar surface area (TPSA) is 0 Å². The monoisotopic (exact) mass is 1280 g/mol. The fraction of sp³-hybridized carbons (Fsp3) is 0.0217. The van der Waals surface area contributed by atoms with Gasteiger partial charge in [-0.05, 0) is 187 Å². The Kier molecular flexibility index (Phi) is 11.3. The lowest BCUT2D eigenvalue weighted by atomic mass is 9.79. The van der Waals surface area contributed by atoms with Crippen molar-refractivity contribution in [3.8, 4) is 44.5 Å². The minimum Gasteiger partial charge on any atom is -0.135 e. The molecule has 0 saturated heterocycles. The number of hydrogen-bond acceptors (Lipinski definition) is 4. The van der Waals surface area contributed by atoms with Crippen LogP contribution in [0.2, 0.25) is 0 Å². The molecule has 22 rings (SSSR count). The average molecular weight is 1290 g/mol. The van der Waals surface area contributed by atoms with Gasteiger partial charge in [0.15, 0.2) is 0 Å². The fourth-order valence-electron chi connectivity index (χ4n) is 17.1. The summed E-state index contributed by atoms with van der Waals surface area (Å²) in [6.45, 7) is 0. The van der Waals surface area contributed by atoms with Crippen LogP contribution in [0.4, 0.5) is 0 Å². The smallest absolute Gasteiger partial charge is 0.0440 e. The minimum absolute atomic E-state index is 0.398. The van der Waals surface area contributed by atoms with Crippen LogP contribution in [0.25, 0.3) is 206 Å². The number of fused-ring (bicyclic) bond motifs is 24. The van der Waals surface area contributed by atoms with E-state index in [1.54, 1.807) is 0 Å². The van der Waals surface area contributed by atoms with E-state index in [-0.39, 0.29) is 0 Å². The maximum absolute atomic E-state index is 2.49. The lowest BCUT2D eigenvalue weighted by Gasteiger charge is -2.25. The van der Waals surface area contributed by atoms with E-state index in [4.69, 9.17) is 0 Å². The molecule has 0 amide bonds. The molecule has 2 aliphatic rings. The summed E-state index contributed by atoms with van der Waals surface area (Å²) in [7, 11) is 0. The summed E-state index contributed by atoms with van der Waals surface area (Å²) in [5.74, 6) is 0.398. The van der Waals surface area contributed by atoms with Gasteiger partial charge >= 0.3 is 0 Å². The number of allylic oxidation sites excluding steroid dienone is 8. The lowest BCUT2D eigenvalue weighted by Crippen LogP contribution is -2.07. The zero-order chi connectivity index (χ0) is 62.4. The molecule has 16 aromatic carbocycles. The van der Waals surface area contributed by atoms with Gasteiger partial charge in [0.2, 0.25) is 0 Å². The third-order valence-corrected chi connectivity index (χ3v) is 25.9. The third-order valence-electron chi connectivity index (χ3n) is 21.3. The van der Waals surface area contributed by atoms with Crippen LogP contribution in [0, 0.1) is 5.92 Å². The predicted molar refractivity (Wildman–Crippen MR) is 425 cm³/mol. The van der Waals surface area contributed by atoms with Gasteiger partial charge in [0.1, 0.15) is 0 Å². The maximum atomic E-state index is 2.49. The Morgan fingerprint density at radius 3 is 1.32 bits per heavy atom. The Morgan fingerprint density at radius 1 is 0.260 bits per heavy atom. The zero-order valence-electron chi connectivity index (χ0n) is 51.7. The molecule has 96 heavy (non-hydrogen) atoms. The first kappa shape index (κ1) is 53.5. The van der Waals surface area contributed by atoms with Crippen molar-refractivity contribution in [1.29, 1.82) is 0 Å². The largest absolute Gasteiger partial charge is 0.135 e. The molecule has 20 aromatic rings. The molecule has 4 heterocycles. The Morgan fingerprint density at radius 2 is 0.698 bits per heavy atom. The van der Waals surface area contributed by atoms with Crippen LogP contribution in [-0.4, -0.2) is 0 Å². The van der Waals surface area contributed by atoms with Gasteiger partial charge in [-0.2, -0.15) is 0 Å². The van der Waals surface area contributed by atoms with E-state index in [1.165, 1.54) is 217 Å². The van der Waals surface area contributed by atoms with Crippen LogP contribution in [0.3, 0.4) is 0 Å². The fourth-order valence-corrected chi connectivity index (χ4v) is 21.9. The molecular weight excluding hydrogens is 1230 g/mol. The van der Waals surface area contributed by atoms with E-state index in [0.717, 1.165) is 6.42 Å². The van der Waals surface area contributed by atoms with Crippen molar-refractivity contribution in [2.45, 2.75) is 6.42 Å². The molecule has 4 aromatic heterocycles. The van der Waals surface area contributed by atoms with Gasteiger partial charge in [-0.25, -0.2) is 0 Å². The predicted octanol–water partition coefficient (Wildman–Crippen LogP) is 28.4. The van der Waals surface area contributed by atoms with Crippen LogP contribution in [0.15, 0.2) is 303 Å². The van der Waals surface area contributed by atoms with Gasteiger partial charge in [0.25, 0.3) is 0 Å². The highest BCUT2D eigenvalue weighted by Crippen LogP contribution is 2.53. The molecule has 444 valence electrons. The van der Waals surface area contributed by atoms with Gasteiger partial charge < -0.3 is 0 Å². The van der Waals surface area contributed by atoms with Crippen LogP contribution < -0.4 is 0 Å². The molecule has 0 N–H and O–H groups in total. The standard InChI is InChI=1S/C92H52S4/c1-2-16-53-46-57(33-29-51(53)15-1)83-62-18-3-7-22-66(62)86(67-23-8-4-19-63(67)83)60-37-41-74-81(49-60)95-79-44-42-70-75(50-82-90(91(70)89(74)79)72-26-12-14-28-77(72)93-82)56-32-30-55-47-58(34-31-54(55)45-56)84-64-20-5-9-24-68(64)85(69-25-10-6-21-65(69)84)59-36-40-73-80(48-59)94-78-43-38-52-35-39-71-61-17-11-13-27-76(61)96-92(71)87(52)88(73)78/h1-45,47-50,53H,46H2. The Balaban J connectivity index is 0.673. The summed E-state index contributed by atoms with van der Waals surface area (Å²) in [5, 5.41) is 28.8. The second-order valence-electron chi connectivity index (χ2n) is 26.3. The summed E-state index contributed by atoms with van der Waals surface area (Å²) in [6, 6.07) is 100. The highest BCUT2D eigenvalue weighted by atomic mass is 32.1. The maximum Gasteiger partial charge on any atom is 0.0440 e. The van der Waals surface area contributed by atoms with E-state index >= 15 is 0 Å². The zero-order valence-corrected chi connectivity index (χ0v) is 55.0. The molecule has 0 saturated carbocycles. The normalized spacial score (nSPS) is 14.4. The van der Waals surface area contributed by atoms with Crippen LogP contribution in [0.5, 0.6) is 0 Å². The quantitative estimate of drug-likeness (QED) is 0.151. The number of rotatable bonds is 5. The van der Waals surface area contributed by atoms with Crippen molar-refractivity contribution in [2.75, 3.05) is 0 Å². The van der Waals surface area contributed by atoms with Gasteiger partial charge in [-0.15, -0.1) is 45.3 Å². The van der Waals surface area contributed by atoms with Crippen molar-refractivity contribution >= 4 is 207 Å². The van der Waals surface area contributed by atoms with Crippen LogP contribution in [-0.2, 0) is 0 Å². The number of hydrogen-bond donors (Lipinski definition) is 0. The van der Waals surface area contributed by atoms with E-state index < -0.39 is 0 Å². The Bertz CT molecular complexity index is 6930. The first-order valence-corrected chi connectivity index (χ1v) is 36.5. The van der Waals surface area contributed by atoms with Crippen molar-refractivity contribution in [3.63, 3.8) is 0 Å². The van der Waals surface area contributed by atoms with Crippen LogP contribution >= 0.6 is 45.3 Å². The summed E-state index contributed by atoms with van der Waals surface area (Å²) < 4.78 is 10.6. The molecular formula is C92H52S4. The molecule has 1 unspecified atom stereocenters. The second kappa shape index (κ2) is 20.3. The van der Waals surface area contributed by atoms with Gasteiger partial charge in [0.05, 0.1) is 0 Å². The molecule has 0 bridgehead atoms. The second-order valence-corrected chi connectivity index (χ2v) is 30.6. The van der Waals surface area contributed by atoms with Crippen LogP contribution in [0.1, 0.15) is 12.0 Å². The van der Waals surface area contributed by atoms with E-state index in [0.29, 0.717) is 5.92 Å². The van der Waals surface area contributed by atoms with E-state index in [1.807, 2.05) is 45.3 Å². The Labute approximate surface area is 567 Å². The van der Waals surface area contributed by atoms with Crippen molar-refractivity contribution in [1.82, 2.24) is 0 Å². The average Bonchev–Trinajstić information content (AvgIpc) is 1.05. The molecule has 1 atom stereocenters. The van der Waals surface area contributed by atoms with Crippen molar-refractivity contribution in [3.05, 3.63) is 308 Å². The summed E-state index contributed by atoms with van der Waals surface area (Å²) in [5.41, 5.74) is 14.3. The van der Waals surface area contributed by atoms with Gasteiger partial charge in [-0.3, -0.25) is 0 Å². The summed E-state index contributed by atoms with van der Waals surface area (Å²) in [4.78, 5) is 0. The highest BCUT2D eigenvalue weighted by molar-refractivity contribution is 7.28. The molecule has 0 spiro atoms. The van der Waals surface area contributed by atoms with Crippen molar-refractivity contribution in [2.24, 2.45) is 5.92 Å². The SMILES string of the molecule is C1=CC2=CC=C(c3c4ccccc4c(-c4ccc5c(c4)sc4ccc6c(-c7ccc8cc(-c9c%10ccccc%10c(-c%10ccc%11c(c%10)sc%10ccc%12ccc%13c%14ccccc%14sc%13c%12c%10%11)c%10ccccc9%10)ccc8c7)cc7sc8ccccc8c7c6c45)c4ccccc34)CC2C=C1. The first-order valence-electron chi connectivity index (χ1n) is 33.2. The molecule has 4 heteroatoms. The molecule has 0 fully saturated rings. The molecule has 0 nitrogen and oxygen atoms in total. The molecule has 0 aliphatic heterocycles. The lowest BCUT2D eigenvalue weighted by molar-refractivity contribution is 0.794. The summed E-state index contributed by atoms with van der Waals surface area (Å²) in [6.07, 6.45) is 14.7.